The zero-order chi connectivity index (χ0) is 40.7. The fourth-order valence-electron chi connectivity index (χ4n) is 6.00. The molecule has 0 unspecified atom stereocenters. The Labute approximate surface area is 322 Å². The van der Waals surface area contributed by atoms with E-state index in [-0.39, 0.29) is 53.1 Å². The molecule has 4 rings (SSSR count). The van der Waals surface area contributed by atoms with Crippen LogP contribution in [0.3, 0.4) is 0 Å². The molecule has 1 N–H and O–H groups in total. The molecule has 0 spiro atoms. The maximum absolute atomic E-state index is 15.1. The molecule has 9 nitrogen and oxygen atoms in total. The molecule has 0 fully saturated rings. The highest BCUT2D eigenvalue weighted by molar-refractivity contribution is 6.74. The lowest BCUT2D eigenvalue weighted by atomic mass is 9.94. The van der Waals surface area contributed by atoms with Crippen LogP contribution in [-0.2, 0) is 30.0 Å². The van der Waals surface area contributed by atoms with Crippen LogP contribution >= 0.6 is 0 Å². The Balaban J connectivity index is 1.86. The van der Waals surface area contributed by atoms with Gasteiger partial charge in [-0.3, -0.25) is 14.4 Å². The number of aromatic nitrogens is 1. The number of allylic oxidation sites excluding steroid dienone is 1. The fraction of sp³-hybridized carbons (Fsp3) is 0.349. The van der Waals surface area contributed by atoms with Gasteiger partial charge in [0.2, 0.25) is 0 Å². The van der Waals surface area contributed by atoms with Gasteiger partial charge in [0.15, 0.2) is 14.1 Å². The molecule has 0 aliphatic heterocycles. The van der Waals surface area contributed by atoms with Crippen molar-refractivity contribution in [3.8, 4) is 22.3 Å². The van der Waals surface area contributed by atoms with Crippen LogP contribution < -0.4 is 5.32 Å². The molecule has 0 bridgehead atoms. The minimum absolute atomic E-state index is 0.0354. The van der Waals surface area contributed by atoms with E-state index in [2.05, 4.69) is 30.8 Å². The number of nitrogens with zero attached hydrogens (tertiary/aromatic N) is 1. The molecule has 0 aliphatic carbocycles. The zero-order valence-electron chi connectivity index (χ0n) is 32.9. The third-order valence-corrected chi connectivity index (χ3v) is 14.4. The quantitative estimate of drug-likeness (QED) is 0.0728. The summed E-state index contributed by atoms with van der Waals surface area (Å²) in [5, 5.41) is 2.68. The standard InChI is InChI=1S/C43H50F2N2O7Si/c1-27(2)47-36(22-21-33(48)24-34(25-37(49)52-6)54-55(8,9)43(3,4)5)38(29-17-19-32(44)20-18-29)39(28-13-11-10-12-14-28)40(47)41(50)46-26-31-16-15-30(23-35(31)45)42(51)53-7/h10-23,27,34H,24-26H2,1-9H3,(H,46,50)/t34-/m1/s1. The number of amides is 1. The Morgan fingerprint density at radius 1 is 0.855 bits per heavy atom. The van der Waals surface area contributed by atoms with Gasteiger partial charge in [-0.05, 0) is 79.5 Å². The Kier molecular flexibility index (Phi) is 13.9. The second kappa shape index (κ2) is 18.0. The monoisotopic (exact) mass is 772 g/mol. The molecule has 0 aliphatic rings. The Hall–Kier alpha value is -5.20. The largest absolute Gasteiger partial charge is 0.469 e. The number of carbonyl (C=O) groups is 4. The molecular weight excluding hydrogens is 723 g/mol. The molecule has 55 heavy (non-hydrogen) atoms. The van der Waals surface area contributed by atoms with Crippen LogP contribution in [0.4, 0.5) is 8.78 Å². The number of carbonyl (C=O) groups excluding carboxylic acids is 4. The summed E-state index contributed by atoms with van der Waals surface area (Å²) in [4.78, 5) is 52.5. The summed E-state index contributed by atoms with van der Waals surface area (Å²) in [5.74, 6) is -3.16. The van der Waals surface area contributed by atoms with Gasteiger partial charge in [0.1, 0.15) is 17.3 Å². The van der Waals surface area contributed by atoms with E-state index >= 15 is 4.39 Å². The van der Waals surface area contributed by atoms with E-state index in [1.54, 1.807) is 22.8 Å². The van der Waals surface area contributed by atoms with E-state index in [0.29, 0.717) is 27.9 Å². The molecule has 0 saturated heterocycles. The topological polar surface area (TPSA) is 113 Å². The summed E-state index contributed by atoms with van der Waals surface area (Å²) in [6, 6.07) is 18.6. The minimum Gasteiger partial charge on any atom is -0.469 e. The van der Waals surface area contributed by atoms with E-state index < -0.39 is 43.9 Å². The van der Waals surface area contributed by atoms with Gasteiger partial charge in [-0.1, -0.05) is 69.3 Å². The van der Waals surface area contributed by atoms with Crippen LogP contribution in [0.25, 0.3) is 28.3 Å². The van der Waals surface area contributed by atoms with Gasteiger partial charge in [-0.15, -0.1) is 0 Å². The lowest BCUT2D eigenvalue weighted by Crippen LogP contribution is -2.44. The van der Waals surface area contributed by atoms with Crippen molar-refractivity contribution < 1.29 is 41.9 Å². The van der Waals surface area contributed by atoms with Crippen molar-refractivity contribution >= 4 is 38.0 Å². The highest BCUT2D eigenvalue weighted by atomic mass is 28.4. The van der Waals surface area contributed by atoms with E-state index in [4.69, 9.17) is 9.16 Å². The zero-order valence-corrected chi connectivity index (χ0v) is 33.9. The number of esters is 2. The van der Waals surface area contributed by atoms with Crippen molar-refractivity contribution in [1.82, 2.24) is 9.88 Å². The maximum Gasteiger partial charge on any atom is 0.337 e. The van der Waals surface area contributed by atoms with Gasteiger partial charge in [0.05, 0.1) is 38.0 Å². The average molecular weight is 773 g/mol. The molecule has 0 saturated carbocycles. The summed E-state index contributed by atoms with van der Waals surface area (Å²) in [6.07, 6.45) is 2.14. The third kappa shape index (κ3) is 10.3. The summed E-state index contributed by atoms with van der Waals surface area (Å²) in [5.41, 5.74) is 3.30. The van der Waals surface area contributed by atoms with Gasteiger partial charge in [-0.25, -0.2) is 13.6 Å². The van der Waals surface area contributed by atoms with E-state index in [0.717, 1.165) is 6.07 Å². The van der Waals surface area contributed by atoms with E-state index in [9.17, 15) is 23.6 Å². The SMILES string of the molecule is COC(=O)C[C@@H](CC(=O)C=Cc1c(-c2ccc(F)cc2)c(-c2ccccc2)c(C(=O)NCc2ccc(C(=O)OC)cc2F)n1C(C)C)O[Si](C)(C)C(C)(C)C. The number of methoxy groups -OCH3 is 2. The predicted molar refractivity (Wildman–Crippen MR) is 212 cm³/mol. The Morgan fingerprint density at radius 3 is 2.05 bits per heavy atom. The van der Waals surface area contributed by atoms with Gasteiger partial charge in [0, 0.05) is 35.7 Å². The van der Waals surface area contributed by atoms with Crippen LogP contribution in [-0.4, -0.2) is 56.8 Å². The molecule has 12 heteroatoms. The fourth-order valence-corrected chi connectivity index (χ4v) is 7.36. The van der Waals surface area contributed by atoms with Crippen LogP contribution in [0.2, 0.25) is 18.1 Å². The molecule has 1 amide bonds. The Morgan fingerprint density at radius 2 is 1.49 bits per heavy atom. The molecular formula is C43H50F2N2O7Si. The highest BCUT2D eigenvalue weighted by Gasteiger charge is 2.40. The number of rotatable bonds is 15. The predicted octanol–water partition coefficient (Wildman–Crippen LogP) is 9.32. The molecule has 4 aromatic rings. The van der Waals surface area contributed by atoms with Crippen molar-refractivity contribution in [2.45, 2.75) is 84.3 Å². The van der Waals surface area contributed by atoms with Crippen LogP contribution in [0.15, 0.2) is 78.9 Å². The van der Waals surface area contributed by atoms with E-state index in [1.807, 2.05) is 57.3 Å². The van der Waals surface area contributed by atoms with Gasteiger partial charge in [0.25, 0.3) is 5.91 Å². The van der Waals surface area contributed by atoms with E-state index in [1.165, 1.54) is 44.6 Å². The lowest BCUT2D eigenvalue weighted by Gasteiger charge is -2.39. The minimum atomic E-state index is -2.39. The second-order valence-electron chi connectivity index (χ2n) is 15.1. The highest BCUT2D eigenvalue weighted by Crippen LogP contribution is 2.43. The molecule has 0 radical (unpaired) electrons. The van der Waals surface area contributed by atoms with Crippen molar-refractivity contribution in [1.29, 1.82) is 0 Å². The average Bonchev–Trinajstić information content (AvgIpc) is 3.48. The van der Waals surface area contributed by atoms with Crippen LogP contribution in [0, 0.1) is 11.6 Å². The van der Waals surface area contributed by atoms with Crippen molar-refractivity contribution in [3.63, 3.8) is 0 Å². The van der Waals surface area contributed by atoms with Gasteiger partial charge in [-0.2, -0.15) is 0 Å². The van der Waals surface area contributed by atoms with Crippen molar-refractivity contribution in [2.75, 3.05) is 14.2 Å². The molecule has 292 valence electrons. The first kappa shape index (κ1) is 42.5. The number of ether oxygens (including phenoxy) is 2. The summed E-state index contributed by atoms with van der Waals surface area (Å²) in [7, 11) is 0.104. The molecule has 1 atom stereocenters. The third-order valence-electron chi connectivity index (χ3n) is 9.83. The first-order chi connectivity index (χ1) is 25.9. The number of halogens is 2. The van der Waals surface area contributed by atoms with Crippen molar-refractivity contribution in [3.05, 3.63) is 113 Å². The number of benzene rings is 3. The van der Waals surface area contributed by atoms with Gasteiger partial charge < -0.3 is 23.8 Å². The first-order valence-corrected chi connectivity index (χ1v) is 21.0. The summed E-state index contributed by atoms with van der Waals surface area (Å²) in [6.45, 7) is 13.9. The molecule has 1 aromatic heterocycles. The number of ketones is 1. The maximum atomic E-state index is 15.1. The first-order valence-electron chi connectivity index (χ1n) is 18.1. The molecule has 3 aromatic carbocycles. The smallest absolute Gasteiger partial charge is 0.337 e. The number of hydrogen-bond donors (Lipinski definition) is 1. The number of hydrogen-bond acceptors (Lipinski definition) is 7. The normalized spacial score (nSPS) is 12.5. The summed E-state index contributed by atoms with van der Waals surface area (Å²) < 4.78 is 47.3. The number of nitrogens with one attached hydrogen (secondary N) is 1. The Bertz CT molecular complexity index is 2050. The van der Waals surface area contributed by atoms with Gasteiger partial charge >= 0.3 is 11.9 Å². The second-order valence-corrected chi connectivity index (χ2v) is 19.8. The van der Waals surface area contributed by atoms with Crippen LogP contribution in [0.5, 0.6) is 0 Å². The van der Waals surface area contributed by atoms with Crippen LogP contribution in [0.1, 0.15) is 85.6 Å². The summed E-state index contributed by atoms with van der Waals surface area (Å²) >= 11 is 0. The lowest BCUT2D eigenvalue weighted by molar-refractivity contribution is -0.142. The van der Waals surface area contributed by atoms with Crippen molar-refractivity contribution in [2.24, 2.45) is 0 Å². The molecule has 1 heterocycles.